The van der Waals surface area contributed by atoms with Crippen LogP contribution >= 0.6 is 28.6 Å². The molecule has 1 saturated heterocycles. The highest BCUT2D eigenvalue weighted by Gasteiger charge is 2.24. The van der Waals surface area contributed by atoms with Gasteiger partial charge in [0.2, 0.25) is 0 Å². The molecule has 0 spiro atoms. The van der Waals surface area contributed by atoms with E-state index in [4.69, 9.17) is 4.74 Å². The molecule has 5 heteroatoms. The summed E-state index contributed by atoms with van der Waals surface area (Å²) in [7, 11) is 0. The van der Waals surface area contributed by atoms with Crippen molar-refractivity contribution in [3.63, 3.8) is 0 Å². The van der Waals surface area contributed by atoms with E-state index in [1.165, 1.54) is 0 Å². The fourth-order valence-corrected chi connectivity index (χ4v) is 2.92. The van der Waals surface area contributed by atoms with Crippen molar-refractivity contribution >= 4 is 34.5 Å². The van der Waals surface area contributed by atoms with E-state index in [0.29, 0.717) is 10.5 Å². The van der Waals surface area contributed by atoms with Gasteiger partial charge in [-0.15, -0.1) is 12.6 Å². The van der Waals surface area contributed by atoms with Crippen molar-refractivity contribution in [2.75, 3.05) is 6.61 Å². The average Bonchev–Trinajstić information content (AvgIpc) is 2.81. The SMILES string of the molecule is CC(NC(=O)c1ccc(Br)cc1S)C1CCCO1. The van der Waals surface area contributed by atoms with E-state index in [1.54, 1.807) is 6.07 Å². The Kier molecular flexibility index (Phi) is 4.70. The molecule has 98 valence electrons. The average molecular weight is 330 g/mol. The molecular weight excluding hydrogens is 314 g/mol. The highest BCUT2D eigenvalue weighted by molar-refractivity contribution is 9.10. The number of amides is 1. The van der Waals surface area contributed by atoms with Crippen LogP contribution < -0.4 is 5.32 Å². The summed E-state index contributed by atoms with van der Waals surface area (Å²) in [5, 5.41) is 2.97. The monoisotopic (exact) mass is 329 g/mol. The number of carbonyl (C=O) groups is 1. The highest BCUT2D eigenvalue weighted by Crippen LogP contribution is 2.21. The van der Waals surface area contributed by atoms with Gasteiger partial charge in [0.1, 0.15) is 0 Å². The van der Waals surface area contributed by atoms with Gasteiger partial charge < -0.3 is 10.1 Å². The third-order valence-electron chi connectivity index (χ3n) is 3.09. The second kappa shape index (κ2) is 6.08. The number of hydrogen-bond acceptors (Lipinski definition) is 3. The van der Waals surface area contributed by atoms with Gasteiger partial charge in [-0.05, 0) is 38.0 Å². The fraction of sp³-hybridized carbons (Fsp3) is 0.462. The number of rotatable bonds is 3. The Bertz CT molecular complexity index is 447. The Morgan fingerprint density at radius 2 is 2.39 bits per heavy atom. The molecule has 2 rings (SSSR count). The van der Waals surface area contributed by atoms with Gasteiger partial charge in [-0.3, -0.25) is 4.79 Å². The summed E-state index contributed by atoms with van der Waals surface area (Å²) in [6, 6.07) is 5.45. The maximum Gasteiger partial charge on any atom is 0.252 e. The van der Waals surface area contributed by atoms with Crippen LogP contribution in [0.1, 0.15) is 30.1 Å². The predicted molar refractivity (Wildman–Crippen MR) is 77.3 cm³/mol. The number of hydrogen-bond donors (Lipinski definition) is 2. The number of nitrogens with one attached hydrogen (secondary N) is 1. The molecule has 1 amide bonds. The van der Waals surface area contributed by atoms with Gasteiger partial charge in [-0.2, -0.15) is 0 Å². The topological polar surface area (TPSA) is 38.3 Å². The van der Waals surface area contributed by atoms with E-state index in [2.05, 4.69) is 33.9 Å². The largest absolute Gasteiger partial charge is 0.376 e. The minimum Gasteiger partial charge on any atom is -0.376 e. The van der Waals surface area contributed by atoms with E-state index in [-0.39, 0.29) is 18.1 Å². The molecule has 18 heavy (non-hydrogen) atoms. The van der Waals surface area contributed by atoms with Gasteiger partial charge in [0.05, 0.1) is 17.7 Å². The van der Waals surface area contributed by atoms with Gasteiger partial charge >= 0.3 is 0 Å². The third-order valence-corrected chi connectivity index (χ3v) is 3.95. The van der Waals surface area contributed by atoms with Crippen molar-refractivity contribution in [3.05, 3.63) is 28.2 Å². The molecule has 3 nitrogen and oxygen atoms in total. The van der Waals surface area contributed by atoms with Crippen LogP contribution in [0.4, 0.5) is 0 Å². The molecule has 0 radical (unpaired) electrons. The van der Waals surface area contributed by atoms with Gasteiger partial charge in [0.15, 0.2) is 0 Å². The molecule has 1 aliphatic rings. The quantitative estimate of drug-likeness (QED) is 0.836. The van der Waals surface area contributed by atoms with Gasteiger partial charge in [0, 0.05) is 16.0 Å². The van der Waals surface area contributed by atoms with Crippen LogP contribution in [0, 0.1) is 0 Å². The van der Waals surface area contributed by atoms with E-state index in [9.17, 15) is 4.79 Å². The Morgan fingerprint density at radius 3 is 3.00 bits per heavy atom. The second-order valence-electron chi connectivity index (χ2n) is 4.48. The summed E-state index contributed by atoms with van der Waals surface area (Å²) < 4.78 is 6.47. The Labute approximate surface area is 121 Å². The molecule has 0 saturated carbocycles. The summed E-state index contributed by atoms with van der Waals surface area (Å²) in [5.41, 5.74) is 0.589. The predicted octanol–water partition coefficient (Wildman–Crippen LogP) is 3.04. The lowest BCUT2D eigenvalue weighted by atomic mass is 10.1. The van der Waals surface area contributed by atoms with Crippen LogP contribution in [-0.4, -0.2) is 24.7 Å². The second-order valence-corrected chi connectivity index (χ2v) is 5.87. The Hall–Kier alpha value is -0.520. The number of ether oxygens (including phenoxy) is 1. The first-order valence-electron chi connectivity index (χ1n) is 5.99. The summed E-state index contributed by atoms with van der Waals surface area (Å²) in [5.74, 6) is -0.101. The molecule has 0 aromatic heterocycles. The zero-order chi connectivity index (χ0) is 13.1. The molecule has 2 atom stereocenters. The molecule has 0 aliphatic carbocycles. The smallest absolute Gasteiger partial charge is 0.252 e. The minimum atomic E-state index is -0.101. The molecule has 2 unspecified atom stereocenters. The Balaban J connectivity index is 2.02. The van der Waals surface area contributed by atoms with Crippen LogP contribution in [0.15, 0.2) is 27.6 Å². The van der Waals surface area contributed by atoms with Crippen LogP contribution in [-0.2, 0) is 4.74 Å². The lowest BCUT2D eigenvalue weighted by Gasteiger charge is -2.20. The van der Waals surface area contributed by atoms with Crippen molar-refractivity contribution in [1.29, 1.82) is 0 Å². The van der Waals surface area contributed by atoms with E-state index < -0.39 is 0 Å². The maximum atomic E-state index is 12.1. The maximum absolute atomic E-state index is 12.1. The van der Waals surface area contributed by atoms with Crippen molar-refractivity contribution in [1.82, 2.24) is 5.32 Å². The summed E-state index contributed by atoms with van der Waals surface area (Å²) in [4.78, 5) is 12.8. The molecular formula is C13H16BrNO2S. The third kappa shape index (κ3) is 3.28. The van der Waals surface area contributed by atoms with Crippen LogP contribution in [0.2, 0.25) is 0 Å². The number of carbonyl (C=O) groups excluding carboxylic acids is 1. The normalized spacial score (nSPS) is 20.7. The van der Waals surface area contributed by atoms with E-state index in [0.717, 1.165) is 23.9 Å². The van der Waals surface area contributed by atoms with Gasteiger partial charge in [-0.25, -0.2) is 0 Å². The van der Waals surface area contributed by atoms with E-state index >= 15 is 0 Å². The van der Waals surface area contributed by atoms with Crippen LogP contribution in [0.25, 0.3) is 0 Å². The van der Waals surface area contributed by atoms with Gasteiger partial charge in [-0.1, -0.05) is 15.9 Å². The number of thiol groups is 1. The Morgan fingerprint density at radius 1 is 1.61 bits per heavy atom. The highest BCUT2D eigenvalue weighted by atomic mass is 79.9. The zero-order valence-electron chi connectivity index (χ0n) is 10.1. The lowest BCUT2D eigenvalue weighted by molar-refractivity contribution is 0.0710. The molecule has 1 aromatic rings. The fourth-order valence-electron chi connectivity index (χ4n) is 2.07. The molecule has 1 aromatic carbocycles. The summed E-state index contributed by atoms with van der Waals surface area (Å²) >= 11 is 7.67. The molecule has 1 fully saturated rings. The van der Waals surface area contributed by atoms with Crippen LogP contribution in [0.3, 0.4) is 0 Å². The van der Waals surface area contributed by atoms with Crippen LogP contribution in [0.5, 0.6) is 0 Å². The minimum absolute atomic E-state index is 0.0244. The molecule has 1 aliphatic heterocycles. The first-order chi connectivity index (χ1) is 8.58. The van der Waals surface area contributed by atoms with Crippen molar-refractivity contribution in [3.8, 4) is 0 Å². The number of benzene rings is 1. The zero-order valence-corrected chi connectivity index (χ0v) is 12.6. The summed E-state index contributed by atoms with van der Waals surface area (Å²) in [6.45, 7) is 2.77. The molecule has 1 N–H and O–H groups in total. The van der Waals surface area contributed by atoms with Gasteiger partial charge in [0.25, 0.3) is 5.91 Å². The molecule has 0 bridgehead atoms. The van der Waals surface area contributed by atoms with Crippen molar-refractivity contribution < 1.29 is 9.53 Å². The standard InChI is InChI=1S/C13H16BrNO2S/c1-8(11-3-2-6-17-11)15-13(16)10-5-4-9(14)7-12(10)18/h4-5,7-8,11,18H,2-3,6H2,1H3,(H,15,16). The summed E-state index contributed by atoms with van der Waals surface area (Å²) in [6.07, 6.45) is 2.21. The first-order valence-corrected chi connectivity index (χ1v) is 7.23. The first kappa shape index (κ1) is 13.9. The number of halogens is 1. The van der Waals surface area contributed by atoms with Crippen molar-refractivity contribution in [2.24, 2.45) is 0 Å². The molecule has 1 heterocycles. The van der Waals surface area contributed by atoms with E-state index in [1.807, 2.05) is 19.1 Å². The van der Waals surface area contributed by atoms with Crippen molar-refractivity contribution in [2.45, 2.75) is 36.8 Å². The lowest BCUT2D eigenvalue weighted by Crippen LogP contribution is -2.40.